The minimum absolute atomic E-state index is 0.0507. The first-order chi connectivity index (χ1) is 11.2. The van der Waals surface area contributed by atoms with Gasteiger partial charge in [0.05, 0.1) is 18.4 Å². The van der Waals surface area contributed by atoms with E-state index in [0.29, 0.717) is 23.9 Å². The number of sulfone groups is 1. The van der Waals surface area contributed by atoms with Gasteiger partial charge in [-0.1, -0.05) is 23.7 Å². The number of hydrogen-bond acceptors (Lipinski definition) is 4. The number of nitrogens with zero attached hydrogens (tertiary/aromatic N) is 1. The lowest BCUT2D eigenvalue weighted by Gasteiger charge is -2.18. The van der Waals surface area contributed by atoms with Crippen molar-refractivity contribution in [1.82, 2.24) is 10.6 Å². The summed E-state index contributed by atoms with van der Waals surface area (Å²) in [5, 5.41) is 17.0. The average Bonchev–Trinajstić information content (AvgIpc) is 2.50. The molecule has 0 bridgehead atoms. The Morgan fingerprint density at radius 2 is 1.96 bits per heavy atom. The lowest BCUT2D eigenvalue weighted by molar-refractivity contribution is 0.187. The molecule has 1 aromatic carbocycles. The summed E-state index contributed by atoms with van der Waals surface area (Å²) < 4.78 is 22.5. The quantitative estimate of drug-likeness (QED) is 0.475. The molecule has 2 unspecified atom stereocenters. The molecule has 1 rings (SSSR count). The molecular formula is C16H26ClN3O3S. The van der Waals surface area contributed by atoms with Gasteiger partial charge in [0, 0.05) is 23.9 Å². The van der Waals surface area contributed by atoms with Crippen LogP contribution < -0.4 is 10.6 Å². The van der Waals surface area contributed by atoms with Gasteiger partial charge < -0.3 is 15.7 Å². The summed E-state index contributed by atoms with van der Waals surface area (Å²) in [6.07, 6.45) is 0.980. The van der Waals surface area contributed by atoms with Crippen molar-refractivity contribution in [3.05, 3.63) is 34.9 Å². The van der Waals surface area contributed by atoms with Crippen molar-refractivity contribution in [3.8, 4) is 0 Å². The second kappa shape index (κ2) is 9.86. The average molecular weight is 376 g/mol. The molecule has 0 radical (unpaired) electrons. The zero-order chi connectivity index (χ0) is 18.2. The van der Waals surface area contributed by atoms with E-state index in [2.05, 4.69) is 15.6 Å². The van der Waals surface area contributed by atoms with Gasteiger partial charge in [-0.05, 0) is 38.0 Å². The fourth-order valence-corrected chi connectivity index (χ4v) is 2.89. The first kappa shape index (κ1) is 20.7. The number of benzene rings is 1. The van der Waals surface area contributed by atoms with E-state index in [-0.39, 0.29) is 18.3 Å². The van der Waals surface area contributed by atoms with Crippen LogP contribution in [0.25, 0.3) is 0 Å². The van der Waals surface area contributed by atoms with Crippen LogP contribution in [-0.2, 0) is 9.84 Å². The molecule has 0 aromatic heterocycles. The molecular weight excluding hydrogens is 350 g/mol. The topological polar surface area (TPSA) is 90.8 Å². The summed E-state index contributed by atoms with van der Waals surface area (Å²) in [4.78, 5) is 4.36. The Hall–Kier alpha value is -1.31. The van der Waals surface area contributed by atoms with E-state index in [1.807, 2.05) is 13.8 Å². The normalized spacial score (nSPS) is 15.0. The maximum atomic E-state index is 11.2. The third-order valence-electron chi connectivity index (χ3n) is 3.33. The summed E-state index contributed by atoms with van der Waals surface area (Å²) in [5.74, 6) is 0.667. The molecule has 24 heavy (non-hydrogen) atoms. The number of aliphatic imine (C=N–C) groups is 1. The lowest BCUT2D eigenvalue weighted by Crippen LogP contribution is -2.43. The van der Waals surface area contributed by atoms with Crippen LogP contribution in [-0.4, -0.2) is 50.6 Å². The number of halogens is 1. The van der Waals surface area contributed by atoms with Gasteiger partial charge in [-0.15, -0.1) is 0 Å². The van der Waals surface area contributed by atoms with Crippen LogP contribution in [0.2, 0.25) is 5.02 Å². The Labute approximate surface area is 149 Å². The van der Waals surface area contributed by atoms with Crippen molar-refractivity contribution >= 4 is 27.4 Å². The van der Waals surface area contributed by atoms with Crippen molar-refractivity contribution < 1.29 is 13.5 Å². The number of nitrogens with one attached hydrogen (secondary N) is 2. The minimum Gasteiger partial charge on any atom is -0.386 e. The Balaban J connectivity index is 2.62. The molecule has 6 nitrogen and oxygen atoms in total. The third-order valence-corrected chi connectivity index (χ3v) is 4.56. The van der Waals surface area contributed by atoms with E-state index >= 15 is 0 Å². The van der Waals surface area contributed by atoms with Crippen molar-refractivity contribution in [1.29, 1.82) is 0 Å². The van der Waals surface area contributed by atoms with Crippen molar-refractivity contribution in [2.45, 2.75) is 32.4 Å². The highest BCUT2D eigenvalue weighted by Crippen LogP contribution is 2.16. The van der Waals surface area contributed by atoms with Crippen LogP contribution in [0.1, 0.15) is 31.9 Å². The molecule has 0 heterocycles. The summed E-state index contributed by atoms with van der Waals surface area (Å²) in [6.45, 7) is 4.69. The van der Waals surface area contributed by atoms with E-state index in [1.165, 1.54) is 6.26 Å². The molecule has 0 aliphatic rings. The molecule has 0 saturated heterocycles. The third kappa shape index (κ3) is 8.52. The van der Waals surface area contributed by atoms with E-state index in [4.69, 9.17) is 11.6 Å². The Morgan fingerprint density at radius 3 is 2.50 bits per heavy atom. The van der Waals surface area contributed by atoms with Gasteiger partial charge in [-0.25, -0.2) is 8.42 Å². The lowest BCUT2D eigenvalue weighted by atomic mass is 10.1. The van der Waals surface area contributed by atoms with Crippen molar-refractivity contribution in [2.75, 3.05) is 25.1 Å². The summed E-state index contributed by atoms with van der Waals surface area (Å²) in [6, 6.07) is 6.92. The molecule has 1 aromatic rings. The fourth-order valence-electron chi connectivity index (χ4n) is 1.98. The number of aliphatic hydroxyl groups excluding tert-OH is 1. The maximum Gasteiger partial charge on any atom is 0.191 e. The second-order valence-electron chi connectivity index (χ2n) is 5.75. The van der Waals surface area contributed by atoms with Gasteiger partial charge in [0.25, 0.3) is 0 Å². The first-order valence-electron chi connectivity index (χ1n) is 7.87. The van der Waals surface area contributed by atoms with Gasteiger partial charge in [0.2, 0.25) is 0 Å². The smallest absolute Gasteiger partial charge is 0.191 e. The largest absolute Gasteiger partial charge is 0.386 e. The van der Waals surface area contributed by atoms with Crippen LogP contribution in [0.3, 0.4) is 0 Å². The SMILES string of the molecule is CCNC(=NCC(O)c1ccc(Cl)cc1)NC(C)CCS(C)(=O)=O. The molecule has 0 amide bonds. The number of guanidine groups is 1. The Bertz CT molecular complexity index is 632. The highest BCUT2D eigenvalue weighted by atomic mass is 35.5. The van der Waals surface area contributed by atoms with Gasteiger partial charge in [0.15, 0.2) is 5.96 Å². The highest BCUT2D eigenvalue weighted by Gasteiger charge is 2.11. The van der Waals surface area contributed by atoms with Gasteiger partial charge in [-0.2, -0.15) is 0 Å². The Kier molecular flexibility index (Phi) is 8.52. The summed E-state index contributed by atoms with van der Waals surface area (Å²) in [5.41, 5.74) is 0.740. The van der Waals surface area contributed by atoms with Crippen LogP contribution in [0.15, 0.2) is 29.3 Å². The van der Waals surface area contributed by atoms with Crippen molar-refractivity contribution in [2.24, 2.45) is 4.99 Å². The molecule has 0 saturated carbocycles. The first-order valence-corrected chi connectivity index (χ1v) is 10.3. The summed E-state index contributed by atoms with van der Waals surface area (Å²) in [7, 11) is -2.98. The van der Waals surface area contributed by atoms with Crippen LogP contribution in [0.5, 0.6) is 0 Å². The zero-order valence-corrected chi connectivity index (χ0v) is 15.9. The number of rotatable bonds is 8. The molecule has 3 N–H and O–H groups in total. The predicted molar refractivity (Wildman–Crippen MR) is 99.3 cm³/mol. The van der Waals surface area contributed by atoms with Crippen LogP contribution in [0, 0.1) is 0 Å². The standard InChI is InChI=1S/C16H26ClN3O3S/c1-4-18-16(20-12(2)9-10-24(3,22)23)19-11-15(21)13-5-7-14(17)8-6-13/h5-8,12,15,21H,4,9-11H2,1-3H3,(H2,18,19,20). The van der Waals surface area contributed by atoms with E-state index in [1.54, 1.807) is 24.3 Å². The Morgan fingerprint density at radius 1 is 1.33 bits per heavy atom. The maximum absolute atomic E-state index is 11.2. The predicted octanol–water partition coefficient (Wildman–Crippen LogP) is 1.75. The molecule has 0 aliphatic heterocycles. The highest BCUT2D eigenvalue weighted by molar-refractivity contribution is 7.90. The molecule has 0 spiro atoms. The van der Waals surface area contributed by atoms with E-state index in [9.17, 15) is 13.5 Å². The van der Waals surface area contributed by atoms with E-state index in [0.717, 1.165) is 5.56 Å². The van der Waals surface area contributed by atoms with Gasteiger partial charge >= 0.3 is 0 Å². The van der Waals surface area contributed by atoms with Gasteiger partial charge in [-0.3, -0.25) is 4.99 Å². The molecule has 0 aliphatic carbocycles. The zero-order valence-electron chi connectivity index (χ0n) is 14.3. The number of hydrogen-bond donors (Lipinski definition) is 3. The molecule has 0 fully saturated rings. The van der Waals surface area contributed by atoms with Crippen LogP contribution in [0.4, 0.5) is 0 Å². The molecule has 2 atom stereocenters. The summed E-state index contributed by atoms with van der Waals surface area (Å²) >= 11 is 5.83. The van der Waals surface area contributed by atoms with Gasteiger partial charge in [0.1, 0.15) is 9.84 Å². The van der Waals surface area contributed by atoms with Crippen LogP contribution >= 0.6 is 11.6 Å². The molecule has 136 valence electrons. The second-order valence-corrected chi connectivity index (χ2v) is 8.45. The number of aliphatic hydroxyl groups is 1. The van der Waals surface area contributed by atoms with Crippen molar-refractivity contribution in [3.63, 3.8) is 0 Å². The molecule has 8 heteroatoms. The minimum atomic E-state index is -2.98. The fraction of sp³-hybridized carbons (Fsp3) is 0.562. The van der Waals surface area contributed by atoms with E-state index < -0.39 is 15.9 Å². The monoisotopic (exact) mass is 375 g/mol.